The van der Waals surface area contributed by atoms with Gasteiger partial charge >= 0.3 is 0 Å². The molecular formula is C23H48O8. The Kier molecular flexibility index (Phi) is 29.4. The molecule has 0 unspecified atom stereocenters. The fraction of sp³-hybridized carbons (Fsp3) is 1.00. The molecule has 31 heavy (non-hydrogen) atoms. The van der Waals surface area contributed by atoms with Crippen molar-refractivity contribution in [1.29, 1.82) is 0 Å². The van der Waals surface area contributed by atoms with Crippen molar-refractivity contribution in [2.24, 2.45) is 0 Å². The smallest absolute Gasteiger partial charge is 0.0701 e. The summed E-state index contributed by atoms with van der Waals surface area (Å²) in [6.45, 7) is 11.2. The Morgan fingerprint density at radius 1 is 0.323 bits per heavy atom. The van der Waals surface area contributed by atoms with Crippen LogP contribution < -0.4 is 0 Å². The first-order valence-electron chi connectivity index (χ1n) is 11.9. The Balaban J connectivity index is 2.98. The van der Waals surface area contributed by atoms with Gasteiger partial charge in [-0.3, -0.25) is 0 Å². The summed E-state index contributed by atoms with van der Waals surface area (Å²) in [5.74, 6) is 0. The Labute approximate surface area is 190 Å². The molecule has 8 heteroatoms. The van der Waals surface area contributed by atoms with E-state index >= 15 is 0 Å². The van der Waals surface area contributed by atoms with E-state index in [9.17, 15) is 0 Å². The molecule has 0 rings (SSSR count). The average Bonchev–Trinajstić information content (AvgIpc) is 2.78. The van der Waals surface area contributed by atoms with Gasteiger partial charge in [0.2, 0.25) is 0 Å². The molecule has 0 fully saturated rings. The van der Waals surface area contributed by atoms with E-state index < -0.39 is 0 Å². The van der Waals surface area contributed by atoms with Gasteiger partial charge in [0.15, 0.2) is 0 Å². The van der Waals surface area contributed by atoms with E-state index in [-0.39, 0.29) is 0 Å². The molecule has 0 aliphatic rings. The van der Waals surface area contributed by atoms with E-state index in [0.717, 1.165) is 13.0 Å². The zero-order valence-electron chi connectivity index (χ0n) is 20.1. The molecule has 0 atom stereocenters. The first kappa shape index (κ1) is 30.7. The second-order valence-electron chi connectivity index (χ2n) is 7.05. The molecule has 0 aliphatic carbocycles. The topological polar surface area (TPSA) is 73.8 Å². The van der Waals surface area contributed by atoms with Gasteiger partial charge in [-0.05, 0) is 6.42 Å². The van der Waals surface area contributed by atoms with Gasteiger partial charge in [0.1, 0.15) is 0 Å². The summed E-state index contributed by atoms with van der Waals surface area (Å²) in [7, 11) is 1.65. The maximum absolute atomic E-state index is 5.56. The molecule has 0 saturated heterocycles. The highest BCUT2D eigenvalue weighted by atomic mass is 16.6. The molecule has 0 saturated carbocycles. The summed E-state index contributed by atoms with van der Waals surface area (Å²) in [6.07, 6.45) is 7.73. The Morgan fingerprint density at radius 2 is 0.613 bits per heavy atom. The van der Waals surface area contributed by atoms with Gasteiger partial charge in [0.25, 0.3) is 0 Å². The van der Waals surface area contributed by atoms with Crippen molar-refractivity contribution in [3.8, 4) is 0 Å². The van der Waals surface area contributed by atoms with Gasteiger partial charge in [-0.25, -0.2) is 0 Å². The van der Waals surface area contributed by atoms with Crippen LogP contribution in [0.4, 0.5) is 0 Å². The lowest BCUT2D eigenvalue weighted by Gasteiger charge is -2.08. The molecule has 0 spiro atoms. The number of unbranched alkanes of at least 4 members (excludes halogenated alkanes) is 5. The first-order valence-corrected chi connectivity index (χ1v) is 11.9. The first-order chi connectivity index (χ1) is 15.4. The molecule has 0 aromatic carbocycles. The Hall–Kier alpha value is -0.320. The van der Waals surface area contributed by atoms with Crippen LogP contribution in [-0.2, 0) is 37.9 Å². The van der Waals surface area contributed by atoms with Crippen LogP contribution in [0.15, 0.2) is 0 Å². The summed E-state index contributed by atoms with van der Waals surface area (Å²) in [4.78, 5) is 0. The number of rotatable bonds is 28. The highest BCUT2D eigenvalue weighted by Gasteiger charge is 1.95. The molecule has 8 nitrogen and oxygen atoms in total. The Morgan fingerprint density at radius 3 is 0.968 bits per heavy atom. The molecule has 0 bridgehead atoms. The largest absolute Gasteiger partial charge is 0.382 e. The molecule has 0 N–H and O–H groups in total. The Bertz CT molecular complexity index is 279. The van der Waals surface area contributed by atoms with Gasteiger partial charge in [0.05, 0.1) is 92.5 Å². The van der Waals surface area contributed by atoms with E-state index in [0.29, 0.717) is 92.5 Å². The van der Waals surface area contributed by atoms with Crippen LogP contribution in [-0.4, -0.2) is 106 Å². The molecule has 0 aliphatic heterocycles. The predicted octanol–water partition coefficient (Wildman–Crippen LogP) is 3.11. The molecule has 0 heterocycles. The highest BCUT2D eigenvalue weighted by molar-refractivity contribution is 4.43. The van der Waals surface area contributed by atoms with E-state index in [4.69, 9.17) is 37.9 Å². The van der Waals surface area contributed by atoms with Crippen LogP contribution >= 0.6 is 0 Å². The van der Waals surface area contributed by atoms with Crippen molar-refractivity contribution >= 4 is 0 Å². The van der Waals surface area contributed by atoms with E-state index in [1.54, 1.807) is 7.11 Å². The molecule has 188 valence electrons. The van der Waals surface area contributed by atoms with Gasteiger partial charge in [0, 0.05) is 13.7 Å². The summed E-state index contributed by atoms with van der Waals surface area (Å²) in [6, 6.07) is 0. The zero-order valence-corrected chi connectivity index (χ0v) is 20.1. The number of methoxy groups -OCH3 is 1. The second-order valence-corrected chi connectivity index (χ2v) is 7.05. The normalized spacial score (nSPS) is 11.4. The monoisotopic (exact) mass is 452 g/mol. The zero-order chi connectivity index (χ0) is 22.5. The van der Waals surface area contributed by atoms with Crippen molar-refractivity contribution < 1.29 is 37.9 Å². The summed E-state index contributed by atoms with van der Waals surface area (Å²) < 4.78 is 42.9. The van der Waals surface area contributed by atoms with Crippen molar-refractivity contribution in [3.05, 3.63) is 0 Å². The minimum Gasteiger partial charge on any atom is -0.382 e. The third kappa shape index (κ3) is 29.7. The average molecular weight is 453 g/mol. The molecule has 0 amide bonds. The molecule has 0 radical (unpaired) electrons. The number of hydrogen-bond donors (Lipinski definition) is 0. The molecule has 0 aromatic rings. The van der Waals surface area contributed by atoms with Crippen LogP contribution in [0, 0.1) is 0 Å². The summed E-state index contributed by atoms with van der Waals surface area (Å²) in [5, 5.41) is 0. The van der Waals surface area contributed by atoms with Crippen molar-refractivity contribution in [2.75, 3.05) is 106 Å². The summed E-state index contributed by atoms with van der Waals surface area (Å²) >= 11 is 0. The van der Waals surface area contributed by atoms with Crippen molar-refractivity contribution in [1.82, 2.24) is 0 Å². The van der Waals surface area contributed by atoms with Gasteiger partial charge in [-0.2, -0.15) is 0 Å². The second kappa shape index (κ2) is 29.7. The minimum atomic E-state index is 0.551. The predicted molar refractivity (Wildman–Crippen MR) is 121 cm³/mol. The fourth-order valence-corrected chi connectivity index (χ4v) is 2.55. The highest BCUT2D eigenvalue weighted by Crippen LogP contribution is 2.04. The van der Waals surface area contributed by atoms with Crippen molar-refractivity contribution in [3.63, 3.8) is 0 Å². The fourth-order valence-electron chi connectivity index (χ4n) is 2.55. The third-order valence-corrected chi connectivity index (χ3v) is 4.31. The lowest BCUT2D eigenvalue weighted by Crippen LogP contribution is -2.14. The molecular weight excluding hydrogens is 404 g/mol. The lowest BCUT2D eigenvalue weighted by molar-refractivity contribution is -0.0221. The van der Waals surface area contributed by atoms with Gasteiger partial charge in [-0.15, -0.1) is 0 Å². The van der Waals surface area contributed by atoms with Crippen LogP contribution in [0.3, 0.4) is 0 Å². The number of hydrogen-bond acceptors (Lipinski definition) is 8. The van der Waals surface area contributed by atoms with E-state index in [2.05, 4.69) is 6.92 Å². The lowest BCUT2D eigenvalue weighted by atomic mass is 10.1. The maximum atomic E-state index is 5.56. The minimum absolute atomic E-state index is 0.551. The van der Waals surface area contributed by atoms with Crippen LogP contribution in [0.25, 0.3) is 0 Å². The van der Waals surface area contributed by atoms with Gasteiger partial charge in [-0.1, -0.05) is 39.0 Å². The quantitative estimate of drug-likeness (QED) is 0.168. The van der Waals surface area contributed by atoms with Gasteiger partial charge < -0.3 is 37.9 Å². The van der Waals surface area contributed by atoms with E-state index in [1.807, 2.05) is 0 Å². The standard InChI is InChI=1S/C23H48O8/c1-3-4-5-6-7-8-9-25-12-13-27-16-17-29-20-21-31-23-22-30-19-18-28-15-14-26-11-10-24-2/h3-23H2,1-2H3. The van der Waals surface area contributed by atoms with Crippen molar-refractivity contribution in [2.45, 2.75) is 45.4 Å². The van der Waals surface area contributed by atoms with E-state index in [1.165, 1.54) is 32.1 Å². The SMILES string of the molecule is CCCCCCCCOCCOCCOCCOCCOCCOCCOCCOC. The maximum Gasteiger partial charge on any atom is 0.0701 e. The van der Waals surface area contributed by atoms with Crippen LogP contribution in [0.2, 0.25) is 0 Å². The molecule has 0 aromatic heterocycles. The number of ether oxygens (including phenoxy) is 8. The summed E-state index contributed by atoms with van der Waals surface area (Å²) in [5.41, 5.74) is 0. The van der Waals surface area contributed by atoms with Crippen LogP contribution in [0.1, 0.15) is 45.4 Å². The van der Waals surface area contributed by atoms with Crippen LogP contribution in [0.5, 0.6) is 0 Å². The third-order valence-electron chi connectivity index (χ3n) is 4.31.